The van der Waals surface area contributed by atoms with E-state index < -0.39 is 23.2 Å². The first kappa shape index (κ1) is 17.4. The van der Waals surface area contributed by atoms with Crippen LogP contribution in [0.25, 0.3) is 0 Å². The van der Waals surface area contributed by atoms with Gasteiger partial charge in [-0.2, -0.15) is 0 Å². The summed E-state index contributed by atoms with van der Waals surface area (Å²) in [5.41, 5.74) is 4.56. The first-order chi connectivity index (χ1) is 9.70. The Bertz CT molecular complexity index is 471. The second-order valence-electron chi connectivity index (χ2n) is 5.92. The number of halogens is 2. The molecule has 1 aromatic rings. The lowest BCUT2D eigenvalue weighted by atomic mass is 10.0. The summed E-state index contributed by atoms with van der Waals surface area (Å²) in [6, 6.07) is 1.82. The van der Waals surface area contributed by atoms with Crippen LogP contribution in [0.3, 0.4) is 0 Å². The highest BCUT2D eigenvalue weighted by atomic mass is 19.1. The molecule has 6 heteroatoms. The molecule has 0 aliphatic rings. The molecule has 1 atom stereocenters. The summed E-state index contributed by atoms with van der Waals surface area (Å²) in [6.07, 6.45) is 0.782. The van der Waals surface area contributed by atoms with Gasteiger partial charge in [-0.25, -0.2) is 8.78 Å². The highest BCUT2D eigenvalue weighted by molar-refractivity contribution is 5.94. The average Bonchev–Trinajstić information content (AvgIpc) is 2.33. The quantitative estimate of drug-likeness (QED) is 0.792. The minimum Gasteiger partial charge on any atom is -0.394 e. The Morgan fingerprint density at radius 1 is 1.29 bits per heavy atom. The Morgan fingerprint density at radius 2 is 1.81 bits per heavy atom. The van der Waals surface area contributed by atoms with Crippen molar-refractivity contribution in [3.63, 3.8) is 0 Å². The van der Waals surface area contributed by atoms with Gasteiger partial charge in [-0.1, -0.05) is 13.8 Å². The third kappa shape index (κ3) is 5.30. The second-order valence-corrected chi connectivity index (χ2v) is 5.92. The van der Waals surface area contributed by atoms with Gasteiger partial charge in [-0.3, -0.25) is 4.79 Å². The van der Waals surface area contributed by atoms with Crippen molar-refractivity contribution in [3.05, 3.63) is 29.3 Å². The summed E-state index contributed by atoms with van der Waals surface area (Å²) in [7, 11) is 3.81. The number of hydrogen-bond acceptors (Lipinski definition) is 3. The summed E-state index contributed by atoms with van der Waals surface area (Å²) in [6.45, 7) is 4.76. The lowest BCUT2D eigenvalue weighted by Crippen LogP contribution is -2.42. The number of carbonyl (C=O) groups excluding carboxylic acids is 1. The lowest BCUT2D eigenvalue weighted by molar-refractivity contribution is 0.0923. The number of anilines is 1. The maximum Gasteiger partial charge on any atom is 0.251 e. The van der Waals surface area contributed by atoms with Crippen molar-refractivity contribution in [2.75, 3.05) is 26.4 Å². The third-order valence-electron chi connectivity index (χ3n) is 3.02. The highest BCUT2D eigenvalue weighted by Crippen LogP contribution is 2.17. The molecular formula is C15H23F2N3O. The zero-order chi connectivity index (χ0) is 16.2. The maximum absolute atomic E-state index is 13.4. The Labute approximate surface area is 124 Å². The fourth-order valence-corrected chi connectivity index (χ4v) is 2.17. The van der Waals surface area contributed by atoms with Crippen LogP contribution >= 0.6 is 0 Å². The van der Waals surface area contributed by atoms with E-state index in [1.54, 1.807) is 0 Å². The van der Waals surface area contributed by atoms with Crippen LogP contribution in [-0.2, 0) is 0 Å². The molecule has 0 saturated carbocycles. The van der Waals surface area contributed by atoms with Crippen LogP contribution in [0.15, 0.2) is 12.1 Å². The van der Waals surface area contributed by atoms with Crippen molar-refractivity contribution < 1.29 is 13.6 Å². The van der Waals surface area contributed by atoms with Gasteiger partial charge >= 0.3 is 0 Å². The predicted molar refractivity (Wildman–Crippen MR) is 80.0 cm³/mol. The van der Waals surface area contributed by atoms with Crippen LogP contribution in [0.5, 0.6) is 0 Å². The van der Waals surface area contributed by atoms with Gasteiger partial charge in [0, 0.05) is 18.2 Å². The van der Waals surface area contributed by atoms with Crippen LogP contribution in [0.4, 0.5) is 14.5 Å². The molecule has 0 aromatic heterocycles. The lowest BCUT2D eigenvalue weighted by Gasteiger charge is -2.24. The minimum atomic E-state index is -0.923. The summed E-state index contributed by atoms with van der Waals surface area (Å²) in [5, 5.41) is 2.82. The molecule has 1 unspecified atom stereocenters. The number of carbonyl (C=O) groups is 1. The largest absolute Gasteiger partial charge is 0.394 e. The van der Waals surface area contributed by atoms with Gasteiger partial charge in [0.05, 0.1) is 0 Å². The van der Waals surface area contributed by atoms with E-state index in [0.29, 0.717) is 12.5 Å². The van der Waals surface area contributed by atoms with Crippen LogP contribution < -0.4 is 11.1 Å². The number of nitrogens with two attached hydrogens (primary N) is 1. The van der Waals surface area contributed by atoms with Crippen molar-refractivity contribution in [2.24, 2.45) is 5.92 Å². The van der Waals surface area contributed by atoms with Gasteiger partial charge in [0.15, 0.2) is 0 Å². The van der Waals surface area contributed by atoms with E-state index in [2.05, 4.69) is 19.2 Å². The van der Waals surface area contributed by atoms with Gasteiger partial charge in [0.1, 0.15) is 17.3 Å². The Kier molecular flexibility index (Phi) is 6.08. The third-order valence-corrected chi connectivity index (χ3v) is 3.02. The van der Waals surface area contributed by atoms with Crippen molar-refractivity contribution >= 4 is 11.6 Å². The molecule has 0 spiro atoms. The van der Waals surface area contributed by atoms with Gasteiger partial charge in [0.2, 0.25) is 0 Å². The number of hydrogen-bond donors (Lipinski definition) is 2. The average molecular weight is 299 g/mol. The van der Waals surface area contributed by atoms with Crippen molar-refractivity contribution in [1.29, 1.82) is 0 Å². The van der Waals surface area contributed by atoms with Gasteiger partial charge in [0.25, 0.3) is 5.91 Å². The zero-order valence-corrected chi connectivity index (χ0v) is 12.9. The number of rotatable bonds is 6. The molecule has 0 heterocycles. The molecule has 3 N–H and O–H groups in total. The molecule has 0 bridgehead atoms. The summed E-state index contributed by atoms with van der Waals surface area (Å²) >= 11 is 0. The van der Waals surface area contributed by atoms with E-state index in [0.717, 1.165) is 18.6 Å². The first-order valence-corrected chi connectivity index (χ1v) is 6.90. The molecule has 0 saturated heterocycles. The standard InChI is InChI=1S/C15H23F2N3O/c1-9(2)5-11(8-20(3)4)19-15(21)10-6-12(16)14(18)13(17)7-10/h6-7,9,11H,5,8,18H2,1-4H3,(H,19,21). The zero-order valence-electron chi connectivity index (χ0n) is 12.9. The van der Waals surface area contributed by atoms with Gasteiger partial charge in [-0.15, -0.1) is 0 Å². The van der Waals surface area contributed by atoms with E-state index in [9.17, 15) is 13.6 Å². The number of benzene rings is 1. The molecule has 1 aromatic carbocycles. The monoisotopic (exact) mass is 299 g/mol. The second kappa shape index (κ2) is 7.36. The fraction of sp³-hybridized carbons (Fsp3) is 0.533. The van der Waals surface area contributed by atoms with E-state index in [1.807, 2.05) is 19.0 Å². The number of amides is 1. The van der Waals surface area contributed by atoms with Crippen molar-refractivity contribution in [3.8, 4) is 0 Å². The van der Waals surface area contributed by atoms with Gasteiger partial charge < -0.3 is 16.0 Å². The Balaban J connectivity index is 2.86. The maximum atomic E-state index is 13.4. The first-order valence-electron chi connectivity index (χ1n) is 6.90. The van der Waals surface area contributed by atoms with Gasteiger partial charge in [-0.05, 0) is 38.6 Å². The number of nitrogens with one attached hydrogen (secondary N) is 1. The highest BCUT2D eigenvalue weighted by Gasteiger charge is 2.18. The number of nitrogens with zero attached hydrogens (tertiary/aromatic N) is 1. The predicted octanol–water partition coefficient (Wildman–Crippen LogP) is 2.25. The van der Waals surface area contributed by atoms with Crippen molar-refractivity contribution in [1.82, 2.24) is 10.2 Å². The molecule has 0 aliphatic carbocycles. The van der Waals surface area contributed by atoms with E-state index >= 15 is 0 Å². The molecule has 0 aliphatic heterocycles. The summed E-state index contributed by atoms with van der Waals surface area (Å²) in [5.74, 6) is -1.95. The Hall–Kier alpha value is -1.69. The summed E-state index contributed by atoms with van der Waals surface area (Å²) < 4.78 is 26.8. The smallest absolute Gasteiger partial charge is 0.251 e. The molecule has 1 amide bonds. The van der Waals surface area contributed by atoms with E-state index in [1.165, 1.54) is 0 Å². The molecule has 4 nitrogen and oxygen atoms in total. The SMILES string of the molecule is CC(C)CC(CN(C)C)NC(=O)c1cc(F)c(N)c(F)c1. The molecule has 21 heavy (non-hydrogen) atoms. The number of likely N-dealkylation sites (N-methyl/N-ethyl adjacent to an activating group) is 1. The molecular weight excluding hydrogens is 276 g/mol. The van der Waals surface area contributed by atoms with E-state index in [-0.39, 0.29) is 11.6 Å². The Morgan fingerprint density at radius 3 is 2.24 bits per heavy atom. The van der Waals surface area contributed by atoms with Crippen LogP contribution in [0, 0.1) is 17.6 Å². The van der Waals surface area contributed by atoms with E-state index in [4.69, 9.17) is 5.73 Å². The topological polar surface area (TPSA) is 58.4 Å². The molecule has 1 rings (SSSR count). The summed E-state index contributed by atoms with van der Waals surface area (Å²) in [4.78, 5) is 14.1. The molecule has 118 valence electrons. The fourth-order valence-electron chi connectivity index (χ4n) is 2.17. The van der Waals surface area contributed by atoms with Crippen LogP contribution in [-0.4, -0.2) is 37.5 Å². The minimum absolute atomic E-state index is 0.0632. The van der Waals surface area contributed by atoms with Crippen LogP contribution in [0.2, 0.25) is 0 Å². The number of nitrogen functional groups attached to an aromatic ring is 1. The van der Waals surface area contributed by atoms with Crippen molar-refractivity contribution in [2.45, 2.75) is 26.3 Å². The van der Waals surface area contributed by atoms with Crippen LogP contribution in [0.1, 0.15) is 30.6 Å². The molecule has 0 radical (unpaired) electrons. The molecule has 0 fully saturated rings. The normalized spacial score (nSPS) is 12.8.